The number of aromatic nitrogens is 1. The second-order valence-electron chi connectivity index (χ2n) is 4.01. The average Bonchev–Trinajstić information content (AvgIpc) is 2.75. The first-order chi connectivity index (χ1) is 8.69. The van der Waals surface area contributed by atoms with Gasteiger partial charge in [-0.2, -0.15) is 0 Å². The Morgan fingerprint density at radius 3 is 2.89 bits per heavy atom. The van der Waals surface area contributed by atoms with Crippen LogP contribution < -0.4 is 10.1 Å². The largest absolute Gasteiger partial charge is 0.485 e. The molecule has 0 saturated carbocycles. The van der Waals surface area contributed by atoms with Crippen molar-refractivity contribution in [3.05, 3.63) is 47.1 Å². The summed E-state index contributed by atoms with van der Waals surface area (Å²) < 4.78 is 23.8. The highest BCUT2D eigenvalue weighted by Crippen LogP contribution is 2.21. The summed E-state index contributed by atoms with van der Waals surface area (Å²) >= 11 is 0. The molecule has 1 aromatic heterocycles. The Hall–Kier alpha value is -1.88. The predicted molar refractivity (Wildman–Crippen MR) is 64.7 cm³/mol. The molecule has 0 fully saturated rings. The Bertz CT molecular complexity index is 525. The number of benzene rings is 1. The lowest BCUT2D eigenvalue weighted by atomic mass is 10.2. The van der Waals surface area contributed by atoms with Crippen LogP contribution >= 0.6 is 0 Å². The first kappa shape index (κ1) is 12.6. The topological polar surface area (TPSA) is 47.3 Å². The van der Waals surface area contributed by atoms with Gasteiger partial charge in [0.05, 0.1) is 5.69 Å². The van der Waals surface area contributed by atoms with E-state index < -0.39 is 0 Å². The number of rotatable bonds is 5. The molecule has 0 radical (unpaired) electrons. The van der Waals surface area contributed by atoms with Gasteiger partial charge >= 0.3 is 0 Å². The smallest absolute Gasteiger partial charge is 0.174 e. The molecule has 0 aliphatic heterocycles. The van der Waals surface area contributed by atoms with Crippen LogP contribution in [0.25, 0.3) is 0 Å². The van der Waals surface area contributed by atoms with E-state index in [-0.39, 0.29) is 12.4 Å². The van der Waals surface area contributed by atoms with Crippen LogP contribution in [-0.2, 0) is 13.2 Å². The highest BCUT2D eigenvalue weighted by Gasteiger charge is 2.07. The lowest BCUT2D eigenvalue weighted by Crippen LogP contribution is -2.08. The Balaban J connectivity index is 2.08. The van der Waals surface area contributed by atoms with E-state index in [1.54, 1.807) is 19.2 Å². The summed E-state index contributed by atoms with van der Waals surface area (Å²) in [6, 6.07) is 6.25. The number of nitrogens with zero attached hydrogens (tertiary/aromatic N) is 1. The van der Waals surface area contributed by atoms with Crippen molar-refractivity contribution in [2.45, 2.75) is 20.1 Å². The van der Waals surface area contributed by atoms with Crippen molar-refractivity contribution in [2.75, 3.05) is 7.05 Å². The molecule has 1 aromatic carbocycles. The Morgan fingerprint density at radius 1 is 1.39 bits per heavy atom. The molecule has 2 aromatic rings. The Labute approximate surface area is 105 Å². The van der Waals surface area contributed by atoms with Crippen molar-refractivity contribution in [2.24, 2.45) is 0 Å². The first-order valence-corrected chi connectivity index (χ1v) is 5.67. The number of hydrogen-bond acceptors (Lipinski definition) is 4. The van der Waals surface area contributed by atoms with Crippen molar-refractivity contribution in [1.29, 1.82) is 0 Å². The molecule has 96 valence electrons. The molecule has 2 rings (SSSR count). The number of ether oxygens (including phenoxy) is 1. The van der Waals surface area contributed by atoms with E-state index in [1.807, 2.05) is 6.92 Å². The zero-order valence-corrected chi connectivity index (χ0v) is 10.4. The molecular formula is C13H15FN2O2. The van der Waals surface area contributed by atoms with Crippen LogP contribution in [0.3, 0.4) is 0 Å². The number of aryl methyl sites for hydroxylation is 1. The van der Waals surface area contributed by atoms with Gasteiger partial charge in [-0.15, -0.1) is 0 Å². The Morgan fingerprint density at radius 2 is 2.22 bits per heavy atom. The van der Waals surface area contributed by atoms with Crippen LogP contribution in [0.15, 0.2) is 28.8 Å². The lowest BCUT2D eigenvalue weighted by molar-refractivity contribution is 0.246. The summed E-state index contributed by atoms with van der Waals surface area (Å²) in [5.41, 5.74) is 1.58. The van der Waals surface area contributed by atoms with E-state index in [9.17, 15) is 4.39 Å². The molecule has 0 bridgehead atoms. The first-order valence-electron chi connectivity index (χ1n) is 5.67. The third-order valence-electron chi connectivity index (χ3n) is 2.44. The maximum absolute atomic E-state index is 13.1. The van der Waals surface area contributed by atoms with Crippen LogP contribution in [-0.4, -0.2) is 12.2 Å². The van der Waals surface area contributed by atoms with Gasteiger partial charge in [0.15, 0.2) is 5.76 Å². The molecule has 0 amide bonds. The van der Waals surface area contributed by atoms with Gasteiger partial charge < -0.3 is 14.6 Å². The molecule has 1 N–H and O–H groups in total. The maximum atomic E-state index is 13.1. The summed E-state index contributed by atoms with van der Waals surface area (Å²) in [5, 5.41) is 6.75. The van der Waals surface area contributed by atoms with Crippen molar-refractivity contribution in [1.82, 2.24) is 10.5 Å². The molecule has 1 heterocycles. The quantitative estimate of drug-likeness (QED) is 0.885. The molecule has 0 saturated heterocycles. The minimum absolute atomic E-state index is 0.275. The van der Waals surface area contributed by atoms with Crippen molar-refractivity contribution < 1.29 is 13.7 Å². The molecule has 5 heteroatoms. The molecule has 0 spiro atoms. The van der Waals surface area contributed by atoms with E-state index in [4.69, 9.17) is 9.26 Å². The highest BCUT2D eigenvalue weighted by atomic mass is 19.1. The summed E-state index contributed by atoms with van der Waals surface area (Å²) in [6.45, 7) is 2.67. The molecule has 0 atom stereocenters. The third-order valence-corrected chi connectivity index (χ3v) is 2.44. The van der Waals surface area contributed by atoms with Crippen molar-refractivity contribution >= 4 is 0 Å². The van der Waals surface area contributed by atoms with Crippen molar-refractivity contribution in [3.8, 4) is 5.75 Å². The average molecular weight is 250 g/mol. The van der Waals surface area contributed by atoms with Crippen LogP contribution in [0.2, 0.25) is 0 Å². The number of nitrogens with one attached hydrogen (secondary N) is 1. The zero-order valence-electron chi connectivity index (χ0n) is 10.4. The van der Waals surface area contributed by atoms with E-state index in [1.165, 1.54) is 12.1 Å². The van der Waals surface area contributed by atoms with Gasteiger partial charge in [-0.1, -0.05) is 5.16 Å². The van der Waals surface area contributed by atoms with Crippen LogP contribution in [0.4, 0.5) is 4.39 Å². The summed E-state index contributed by atoms with van der Waals surface area (Å²) in [7, 11) is 1.80. The highest BCUT2D eigenvalue weighted by molar-refractivity contribution is 5.34. The van der Waals surface area contributed by atoms with Gasteiger partial charge in [0, 0.05) is 18.2 Å². The molecule has 0 unspecified atom stereocenters. The SMILES string of the molecule is CNCc1cc(F)ccc1OCc1cc(C)no1. The lowest BCUT2D eigenvalue weighted by Gasteiger charge is -2.10. The van der Waals surface area contributed by atoms with E-state index >= 15 is 0 Å². The standard InChI is InChI=1S/C13H15FN2O2/c1-9-5-12(18-16-9)8-17-13-4-3-11(14)6-10(13)7-15-2/h3-6,15H,7-8H2,1-2H3. The van der Waals surface area contributed by atoms with Crippen LogP contribution in [0.5, 0.6) is 5.75 Å². The third kappa shape index (κ3) is 3.07. The summed E-state index contributed by atoms with van der Waals surface area (Å²) in [4.78, 5) is 0. The molecule has 4 nitrogen and oxygen atoms in total. The fourth-order valence-electron chi connectivity index (χ4n) is 1.65. The normalized spacial score (nSPS) is 10.6. The van der Waals surface area contributed by atoms with E-state index in [0.717, 1.165) is 11.3 Å². The second-order valence-corrected chi connectivity index (χ2v) is 4.01. The van der Waals surface area contributed by atoms with E-state index in [2.05, 4.69) is 10.5 Å². The fourth-order valence-corrected chi connectivity index (χ4v) is 1.65. The minimum atomic E-state index is -0.275. The van der Waals surface area contributed by atoms with Gasteiger partial charge in [-0.25, -0.2) is 4.39 Å². The number of hydrogen-bond donors (Lipinski definition) is 1. The van der Waals surface area contributed by atoms with Gasteiger partial charge in [0.2, 0.25) is 0 Å². The molecule has 0 aliphatic rings. The second kappa shape index (κ2) is 5.64. The van der Waals surface area contributed by atoms with Gasteiger partial charge in [-0.05, 0) is 32.2 Å². The molecular weight excluding hydrogens is 235 g/mol. The van der Waals surface area contributed by atoms with E-state index in [0.29, 0.717) is 18.1 Å². The van der Waals surface area contributed by atoms with Gasteiger partial charge in [-0.3, -0.25) is 0 Å². The monoisotopic (exact) mass is 250 g/mol. The van der Waals surface area contributed by atoms with Gasteiger partial charge in [0.25, 0.3) is 0 Å². The predicted octanol–water partition coefficient (Wildman–Crippen LogP) is 2.42. The molecule has 0 aliphatic carbocycles. The fraction of sp³-hybridized carbons (Fsp3) is 0.308. The molecule has 18 heavy (non-hydrogen) atoms. The maximum Gasteiger partial charge on any atom is 0.174 e. The summed E-state index contributed by atoms with van der Waals surface area (Å²) in [6.07, 6.45) is 0. The Kier molecular flexibility index (Phi) is 3.94. The van der Waals surface area contributed by atoms with Gasteiger partial charge in [0.1, 0.15) is 18.2 Å². The van der Waals surface area contributed by atoms with Crippen LogP contribution in [0, 0.1) is 12.7 Å². The van der Waals surface area contributed by atoms with Crippen molar-refractivity contribution in [3.63, 3.8) is 0 Å². The zero-order chi connectivity index (χ0) is 13.0. The summed E-state index contributed by atoms with van der Waals surface area (Å²) in [5.74, 6) is 1.01. The minimum Gasteiger partial charge on any atom is -0.485 e. The van der Waals surface area contributed by atoms with Crippen LogP contribution in [0.1, 0.15) is 17.0 Å². The number of halogens is 1.